The summed E-state index contributed by atoms with van der Waals surface area (Å²) in [5, 5.41) is 11.7. The van der Waals surface area contributed by atoms with Gasteiger partial charge in [0.1, 0.15) is 0 Å². The lowest BCUT2D eigenvalue weighted by Gasteiger charge is -2.06. The van der Waals surface area contributed by atoms with Crippen LogP contribution in [0.5, 0.6) is 0 Å². The number of nitrogens with one attached hydrogen (secondary N) is 1. The van der Waals surface area contributed by atoms with E-state index in [2.05, 4.69) is 10.3 Å². The van der Waals surface area contributed by atoms with E-state index < -0.39 is 5.97 Å². The molecule has 0 bridgehead atoms. The Kier molecular flexibility index (Phi) is 3.87. The number of pyridine rings is 1. The van der Waals surface area contributed by atoms with Crippen LogP contribution < -0.4 is 5.32 Å². The summed E-state index contributed by atoms with van der Waals surface area (Å²) in [4.78, 5) is 27.0. The Balaban J connectivity index is 1.62. The normalized spacial score (nSPS) is 19.5. The van der Waals surface area contributed by atoms with Crippen molar-refractivity contribution in [1.29, 1.82) is 0 Å². The highest BCUT2D eigenvalue weighted by atomic mass is 16.4. The van der Waals surface area contributed by atoms with Crippen LogP contribution in [0.2, 0.25) is 0 Å². The van der Waals surface area contributed by atoms with Crippen molar-refractivity contribution in [2.45, 2.75) is 18.8 Å². The van der Waals surface area contributed by atoms with E-state index in [0.29, 0.717) is 11.3 Å². The molecule has 0 aliphatic heterocycles. The van der Waals surface area contributed by atoms with Crippen LogP contribution in [-0.2, 0) is 16.0 Å². The molecule has 1 aromatic carbocycles. The fourth-order valence-corrected chi connectivity index (χ4v) is 2.62. The molecule has 1 aliphatic rings. The van der Waals surface area contributed by atoms with Crippen LogP contribution in [0, 0.1) is 5.92 Å². The zero-order valence-electron chi connectivity index (χ0n) is 11.9. The van der Waals surface area contributed by atoms with Gasteiger partial charge in [-0.25, -0.2) is 0 Å². The van der Waals surface area contributed by atoms with E-state index in [0.717, 1.165) is 12.0 Å². The largest absolute Gasteiger partial charge is 0.481 e. The topological polar surface area (TPSA) is 79.3 Å². The van der Waals surface area contributed by atoms with Gasteiger partial charge in [0, 0.05) is 24.0 Å². The molecule has 5 heteroatoms. The number of carbonyl (C=O) groups excluding carboxylic acids is 1. The molecule has 0 spiro atoms. The molecule has 3 rings (SSSR count). The van der Waals surface area contributed by atoms with E-state index in [4.69, 9.17) is 5.11 Å². The highest BCUT2D eigenvalue weighted by molar-refractivity contribution is 5.95. The molecule has 1 aliphatic carbocycles. The van der Waals surface area contributed by atoms with E-state index in [1.54, 1.807) is 36.7 Å². The minimum absolute atomic E-state index is 0.0265. The van der Waals surface area contributed by atoms with Crippen LogP contribution in [0.1, 0.15) is 23.5 Å². The number of carboxylic acids is 1. The molecular formula is C17H16N2O3. The van der Waals surface area contributed by atoms with Gasteiger partial charge in [0.15, 0.2) is 0 Å². The predicted molar refractivity (Wildman–Crippen MR) is 81.5 cm³/mol. The van der Waals surface area contributed by atoms with Gasteiger partial charge in [-0.3, -0.25) is 14.6 Å². The summed E-state index contributed by atoms with van der Waals surface area (Å²) in [7, 11) is 0. The average molecular weight is 296 g/mol. The molecule has 0 radical (unpaired) electrons. The van der Waals surface area contributed by atoms with Crippen molar-refractivity contribution in [3.8, 4) is 0 Å². The molecular weight excluding hydrogens is 280 g/mol. The Morgan fingerprint density at radius 2 is 2.14 bits per heavy atom. The number of carbonyl (C=O) groups is 2. The quantitative estimate of drug-likeness (QED) is 0.888. The minimum atomic E-state index is -0.887. The lowest BCUT2D eigenvalue weighted by Crippen LogP contribution is -2.14. The van der Waals surface area contributed by atoms with Crippen molar-refractivity contribution in [3.05, 3.63) is 59.9 Å². The number of carboxylic acid groups (broad SMARTS) is 1. The average Bonchev–Trinajstić information content (AvgIpc) is 3.28. The monoisotopic (exact) mass is 296 g/mol. The van der Waals surface area contributed by atoms with E-state index in [-0.39, 0.29) is 24.2 Å². The van der Waals surface area contributed by atoms with Crippen LogP contribution in [0.15, 0.2) is 48.8 Å². The Morgan fingerprint density at radius 1 is 1.27 bits per heavy atom. The lowest BCUT2D eigenvalue weighted by atomic mass is 10.1. The maximum Gasteiger partial charge on any atom is 0.307 e. The van der Waals surface area contributed by atoms with Gasteiger partial charge in [0.05, 0.1) is 6.42 Å². The zero-order chi connectivity index (χ0) is 15.5. The van der Waals surface area contributed by atoms with Crippen LogP contribution >= 0.6 is 0 Å². The highest BCUT2D eigenvalue weighted by Gasteiger charge is 2.44. The van der Waals surface area contributed by atoms with Gasteiger partial charge in [-0.2, -0.15) is 0 Å². The second-order valence-electron chi connectivity index (χ2n) is 5.50. The Bertz CT molecular complexity index is 700. The number of hydrogen-bond donors (Lipinski definition) is 2. The van der Waals surface area contributed by atoms with Crippen LogP contribution in [0.25, 0.3) is 0 Å². The Hall–Kier alpha value is -2.69. The number of hydrogen-bond acceptors (Lipinski definition) is 3. The van der Waals surface area contributed by atoms with Gasteiger partial charge >= 0.3 is 5.97 Å². The van der Waals surface area contributed by atoms with Crippen molar-refractivity contribution >= 4 is 17.6 Å². The summed E-state index contributed by atoms with van der Waals surface area (Å²) >= 11 is 0. The number of amides is 1. The van der Waals surface area contributed by atoms with E-state index >= 15 is 0 Å². The van der Waals surface area contributed by atoms with E-state index in [1.165, 1.54) is 0 Å². The van der Waals surface area contributed by atoms with E-state index in [1.807, 2.05) is 12.1 Å². The SMILES string of the molecule is O=C(O)Cc1cccc(NC(=O)C2CC2c2cccnc2)c1. The summed E-state index contributed by atoms with van der Waals surface area (Å²) in [6.07, 6.45) is 4.29. The fraction of sp³-hybridized carbons (Fsp3) is 0.235. The smallest absolute Gasteiger partial charge is 0.307 e. The second kappa shape index (κ2) is 5.97. The van der Waals surface area contributed by atoms with Gasteiger partial charge in [-0.15, -0.1) is 0 Å². The van der Waals surface area contributed by atoms with Crippen molar-refractivity contribution < 1.29 is 14.7 Å². The maximum atomic E-state index is 12.2. The number of anilines is 1. The first-order valence-electron chi connectivity index (χ1n) is 7.15. The van der Waals surface area contributed by atoms with Crippen molar-refractivity contribution in [3.63, 3.8) is 0 Å². The van der Waals surface area contributed by atoms with E-state index in [9.17, 15) is 9.59 Å². The zero-order valence-corrected chi connectivity index (χ0v) is 11.9. The van der Waals surface area contributed by atoms with Crippen LogP contribution in [-0.4, -0.2) is 22.0 Å². The molecule has 1 aromatic heterocycles. The van der Waals surface area contributed by atoms with Crippen LogP contribution in [0.4, 0.5) is 5.69 Å². The second-order valence-corrected chi connectivity index (χ2v) is 5.50. The third kappa shape index (κ3) is 3.31. The summed E-state index contributed by atoms with van der Waals surface area (Å²) in [6, 6.07) is 10.8. The van der Waals surface area contributed by atoms with Crippen molar-refractivity contribution in [2.75, 3.05) is 5.32 Å². The first-order chi connectivity index (χ1) is 10.6. The van der Waals surface area contributed by atoms with Gasteiger partial charge in [-0.1, -0.05) is 18.2 Å². The number of nitrogens with zero attached hydrogens (tertiary/aromatic N) is 1. The highest BCUT2D eigenvalue weighted by Crippen LogP contribution is 2.47. The molecule has 2 N–H and O–H groups in total. The molecule has 1 fully saturated rings. The first-order valence-corrected chi connectivity index (χ1v) is 7.15. The third-order valence-electron chi connectivity index (χ3n) is 3.79. The molecule has 2 aromatic rings. The Morgan fingerprint density at radius 3 is 2.86 bits per heavy atom. The number of rotatable bonds is 5. The van der Waals surface area contributed by atoms with Gasteiger partial charge in [-0.05, 0) is 41.7 Å². The molecule has 1 saturated carbocycles. The van der Waals surface area contributed by atoms with Gasteiger partial charge < -0.3 is 10.4 Å². The Labute approximate surface area is 128 Å². The molecule has 5 nitrogen and oxygen atoms in total. The minimum Gasteiger partial charge on any atom is -0.481 e. The lowest BCUT2D eigenvalue weighted by molar-refractivity contribution is -0.136. The maximum absolute atomic E-state index is 12.2. The predicted octanol–water partition coefficient (Wildman–Crippen LogP) is 2.45. The first kappa shape index (κ1) is 14.3. The molecule has 22 heavy (non-hydrogen) atoms. The molecule has 2 unspecified atom stereocenters. The standard InChI is InChI=1S/C17H16N2O3/c20-16(21)8-11-3-1-5-13(7-11)19-17(22)15-9-14(15)12-4-2-6-18-10-12/h1-7,10,14-15H,8-9H2,(H,19,22)(H,20,21). The molecule has 1 heterocycles. The number of benzene rings is 1. The summed E-state index contributed by atoms with van der Waals surface area (Å²) in [5.41, 5.74) is 2.40. The molecule has 0 saturated heterocycles. The summed E-state index contributed by atoms with van der Waals surface area (Å²) in [5.74, 6) is -0.716. The molecule has 2 atom stereocenters. The third-order valence-corrected chi connectivity index (χ3v) is 3.79. The number of aromatic nitrogens is 1. The van der Waals surface area contributed by atoms with Crippen LogP contribution in [0.3, 0.4) is 0 Å². The van der Waals surface area contributed by atoms with Crippen molar-refractivity contribution in [1.82, 2.24) is 4.98 Å². The fourth-order valence-electron chi connectivity index (χ4n) is 2.62. The van der Waals surface area contributed by atoms with Gasteiger partial charge in [0.2, 0.25) is 5.91 Å². The summed E-state index contributed by atoms with van der Waals surface area (Å²) < 4.78 is 0. The molecule has 1 amide bonds. The number of aliphatic carboxylic acids is 1. The van der Waals surface area contributed by atoms with Crippen molar-refractivity contribution in [2.24, 2.45) is 5.92 Å². The summed E-state index contributed by atoms with van der Waals surface area (Å²) in [6.45, 7) is 0. The molecule has 112 valence electrons. The van der Waals surface area contributed by atoms with Gasteiger partial charge in [0.25, 0.3) is 0 Å².